The first-order valence-electron chi connectivity index (χ1n) is 4.74. The SMILES string of the molecule is NC1CC1=O.N[C@@H](Cc1cnc[nH]1)C(=O)O.[Zn]. The number of hydrogen-bond acceptors (Lipinski definition) is 5. The number of hydrogen-bond donors (Lipinski definition) is 4. The number of carboxylic acids is 1. The number of aromatic nitrogens is 2. The fraction of sp³-hybridized carbons (Fsp3) is 0.444. The predicted molar refractivity (Wildman–Crippen MR) is 55.5 cm³/mol. The fourth-order valence-corrected chi connectivity index (χ4v) is 0.878. The Kier molecular flexibility index (Phi) is 6.79. The molecule has 8 heteroatoms. The molecule has 0 aliphatic heterocycles. The molecule has 0 aromatic carbocycles. The fourth-order valence-electron chi connectivity index (χ4n) is 0.878. The maximum Gasteiger partial charge on any atom is 0.320 e. The van der Waals surface area contributed by atoms with E-state index in [1.807, 2.05) is 0 Å². The summed E-state index contributed by atoms with van der Waals surface area (Å²) >= 11 is 0. The molecule has 0 radical (unpaired) electrons. The van der Waals surface area contributed by atoms with Gasteiger partial charge >= 0.3 is 5.97 Å². The van der Waals surface area contributed by atoms with Crippen LogP contribution >= 0.6 is 0 Å². The number of carbonyl (C=O) groups is 2. The summed E-state index contributed by atoms with van der Waals surface area (Å²) in [6, 6.07) is -0.939. The minimum atomic E-state index is -1.00. The van der Waals surface area contributed by atoms with E-state index in [0.717, 1.165) is 5.69 Å². The van der Waals surface area contributed by atoms with Gasteiger partial charge in [-0.3, -0.25) is 9.59 Å². The van der Waals surface area contributed by atoms with Crippen molar-refractivity contribution < 1.29 is 34.2 Å². The summed E-state index contributed by atoms with van der Waals surface area (Å²) in [6.07, 6.45) is 3.95. The average molecular weight is 292 g/mol. The first-order chi connectivity index (χ1) is 7.50. The number of rotatable bonds is 3. The van der Waals surface area contributed by atoms with Gasteiger partial charge in [-0.25, -0.2) is 4.98 Å². The van der Waals surface area contributed by atoms with Crippen LogP contribution in [0.5, 0.6) is 0 Å². The van der Waals surface area contributed by atoms with Crippen LogP contribution in [0.15, 0.2) is 12.5 Å². The van der Waals surface area contributed by atoms with Crippen molar-refractivity contribution >= 4 is 11.8 Å². The van der Waals surface area contributed by atoms with Crippen molar-refractivity contribution in [2.45, 2.75) is 24.9 Å². The normalized spacial score (nSPS) is 18.5. The Morgan fingerprint density at radius 1 is 1.71 bits per heavy atom. The molecule has 17 heavy (non-hydrogen) atoms. The molecule has 1 aliphatic rings. The van der Waals surface area contributed by atoms with Gasteiger partial charge in [0.15, 0.2) is 5.78 Å². The number of carbonyl (C=O) groups excluding carboxylic acids is 1. The summed E-state index contributed by atoms with van der Waals surface area (Å²) in [5.74, 6) is -0.801. The van der Waals surface area contributed by atoms with Crippen LogP contribution in [-0.4, -0.2) is 38.9 Å². The van der Waals surface area contributed by atoms with Crippen LogP contribution in [0, 0.1) is 0 Å². The number of H-pyrrole nitrogens is 1. The molecule has 1 aromatic rings. The van der Waals surface area contributed by atoms with E-state index in [4.69, 9.17) is 16.6 Å². The Morgan fingerprint density at radius 2 is 2.24 bits per heavy atom. The first-order valence-corrected chi connectivity index (χ1v) is 4.74. The van der Waals surface area contributed by atoms with E-state index in [-0.39, 0.29) is 37.7 Å². The van der Waals surface area contributed by atoms with Crippen molar-refractivity contribution in [3.8, 4) is 0 Å². The third-order valence-electron chi connectivity index (χ3n) is 1.99. The van der Waals surface area contributed by atoms with Crippen LogP contribution in [0.3, 0.4) is 0 Å². The third-order valence-corrected chi connectivity index (χ3v) is 1.99. The minimum absolute atomic E-state index is 0. The van der Waals surface area contributed by atoms with Gasteiger partial charge in [-0.15, -0.1) is 0 Å². The van der Waals surface area contributed by atoms with E-state index in [1.165, 1.54) is 6.33 Å². The number of nitrogens with one attached hydrogen (secondary N) is 1. The molecule has 2 atom stereocenters. The maximum atomic E-state index is 10.3. The number of ketones is 1. The van der Waals surface area contributed by atoms with Gasteiger partial charge in [0.05, 0.1) is 12.4 Å². The third kappa shape index (κ3) is 6.26. The molecule has 0 saturated heterocycles. The molecule has 1 unspecified atom stereocenters. The molecule has 0 amide bonds. The van der Waals surface area contributed by atoms with E-state index in [9.17, 15) is 9.59 Å². The van der Waals surface area contributed by atoms with Crippen LogP contribution in [0.25, 0.3) is 0 Å². The van der Waals surface area contributed by atoms with Crippen LogP contribution in [0.1, 0.15) is 12.1 Å². The van der Waals surface area contributed by atoms with Gasteiger partial charge in [0.2, 0.25) is 0 Å². The summed E-state index contributed by atoms with van der Waals surface area (Å²) in [6.45, 7) is 0. The molecule has 2 rings (SSSR count). The van der Waals surface area contributed by atoms with Crippen LogP contribution < -0.4 is 11.5 Å². The Hall–Kier alpha value is -1.11. The van der Waals surface area contributed by atoms with E-state index in [1.54, 1.807) is 6.20 Å². The topological polar surface area (TPSA) is 135 Å². The summed E-state index contributed by atoms with van der Waals surface area (Å²) in [4.78, 5) is 26.5. The summed E-state index contributed by atoms with van der Waals surface area (Å²) in [5.41, 5.74) is 11.0. The number of nitrogens with zero attached hydrogens (tertiary/aromatic N) is 1. The van der Waals surface area contributed by atoms with Gasteiger partial charge in [0.1, 0.15) is 6.04 Å². The van der Waals surface area contributed by atoms with Gasteiger partial charge in [-0.1, -0.05) is 0 Å². The number of Topliss-reactive ketones (excluding diaryl/α,β-unsaturated/α-hetero) is 1. The molecule has 6 N–H and O–H groups in total. The molecule has 1 aromatic heterocycles. The zero-order valence-electron chi connectivity index (χ0n) is 9.30. The Morgan fingerprint density at radius 3 is 2.53 bits per heavy atom. The molecule has 1 saturated carbocycles. The van der Waals surface area contributed by atoms with Crippen molar-refractivity contribution in [2.75, 3.05) is 0 Å². The summed E-state index contributed by atoms with van der Waals surface area (Å²) in [5, 5.41) is 8.42. The van der Waals surface area contributed by atoms with Crippen LogP contribution in [-0.2, 0) is 35.5 Å². The number of aliphatic carboxylic acids is 1. The molecule has 0 bridgehead atoms. The van der Waals surface area contributed by atoms with Crippen LogP contribution in [0.2, 0.25) is 0 Å². The molecule has 7 nitrogen and oxygen atoms in total. The molecule has 90 valence electrons. The van der Waals surface area contributed by atoms with Gasteiger partial charge in [0, 0.05) is 44.2 Å². The molecular formula is C9H14N4O3Zn. The van der Waals surface area contributed by atoms with E-state index in [0.29, 0.717) is 6.42 Å². The smallest absolute Gasteiger partial charge is 0.320 e. The van der Waals surface area contributed by atoms with E-state index < -0.39 is 12.0 Å². The number of carboxylic acid groups (broad SMARTS) is 1. The van der Waals surface area contributed by atoms with Gasteiger partial charge in [0.25, 0.3) is 0 Å². The molecule has 0 spiro atoms. The second-order valence-corrected chi connectivity index (χ2v) is 3.50. The van der Waals surface area contributed by atoms with Crippen molar-refractivity contribution in [3.63, 3.8) is 0 Å². The van der Waals surface area contributed by atoms with Crippen LogP contribution in [0.4, 0.5) is 0 Å². The van der Waals surface area contributed by atoms with Crippen molar-refractivity contribution in [1.29, 1.82) is 0 Å². The molecule has 1 heterocycles. The van der Waals surface area contributed by atoms with Gasteiger partial charge in [-0.2, -0.15) is 0 Å². The number of aromatic amines is 1. The quantitative estimate of drug-likeness (QED) is 0.508. The van der Waals surface area contributed by atoms with E-state index in [2.05, 4.69) is 9.97 Å². The maximum absolute atomic E-state index is 10.3. The molecule has 1 aliphatic carbocycles. The zero-order valence-corrected chi connectivity index (χ0v) is 12.3. The largest absolute Gasteiger partial charge is 0.480 e. The Bertz CT molecular complexity index is 368. The molecular weight excluding hydrogens is 278 g/mol. The number of nitrogens with two attached hydrogens (primary N) is 2. The van der Waals surface area contributed by atoms with Gasteiger partial charge in [-0.05, 0) is 0 Å². The average Bonchev–Trinajstić information content (AvgIpc) is 2.71. The Balaban J connectivity index is 0.000000360. The zero-order chi connectivity index (χ0) is 12.1. The monoisotopic (exact) mass is 290 g/mol. The van der Waals surface area contributed by atoms with Gasteiger partial charge < -0.3 is 21.6 Å². The second kappa shape index (κ2) is 7.26. The van der Waals surface area contributed by atoms with Crippen molar-refractivity contribution in [2.24, 2.45) is 11.5 Å². The summed E-state index contributed by atoms with van der Waals surface area (Å²) in [7, 11) is 0. The van der Waals surface area contributed by atoms with E-state index >= 15 is 0 Å². The van der Waals surface area contributed by atoms with Crippen molar-refractivity contribution in [3.05, 3.63) is 18.2 Å². The van der Waals surface area contributed by atoms with Crippen molar-refractivity contribution in [1.82, 2.24) is 9.97 Å². The Labute approximate surface area is 111 Å². The molecule has 1 fully saturated rings. The number of imidazole rings is 1. The first kappa shape index (κ1) is 15.9. The summed E-state index contributed by atoms with van der Waals surface area (Å²) < 4.78 is 0. The predicted octanol–water partition coefficient (Wildman–Crippen LogP) is -1.35. The standard InChI is InChI=1S/C6H9N3O2.C3H5NO.Zn/c7-5(6(10)11)1-4-2-8-3-9-4;4-2-1-3(2)5;/h2-3,5H,1,7H2,(H,8,9)(H,10,11);2H,1,4H2;/t5-;;/m0../s1. The second-order valence-electron chi connectivity index (χ2n) is 3.50. The minimum Gasteiger partial charge on any atom is -0.480 e.